The number of hydrogen-bond acceptors (Lipinski definition) is 1. The molecule has 2 rings (SSSR count). The summed E-state index contributed by atoms with van der Waals surface area (Å²) in [6, 6.07) is 3.99. The average Bonchev–Trinajstić information content (AvgIpc) is 3.06. The van der Waals surface area contributed by atoms with E-state index < -0.39 is 0 Å². The predicted octanol–water partition coefficient (Wildman–Crippen LogP) is 3.53. The second kappa shape index (κ2) is 5.79. The van der Waals surface area contributed by atoms with Gasteiger partial charge in [0.05, 0.1) is 0 Å². The van der Waals surface area contributed by atoms with Crippen molar-refractivity contribution in [2.45, 2.75) is 39.2 Å². The molecule has 1 saturated carbocycles. The van der Waals surface area contributed by atoms with E-state index in [1.807, 2.05) is 0 Å². The molecule has 1 fully saturated rings. The molecule has 0 radical (unpaired) electrons. The van der Waals surface area contributed by atoms with Crippen molar-refractivity contribution in [2.75, 3.05) is 6.54 Å². The fraction of sp³-hybridized carbons (Fsp3) is 0.600. The van der Waals surface area contributed by atoms with Crippen LogP contribution in [0.25, 0.3) is 0 Å². The summed E-state index contributed by atoms with van der Waals surface area (Å²) in [6.07, 6.45) is 2.83. The Hall–Kier alpha value is -0.960. The van der Waals surface area contributed by atoms with E-state index in [0.29, 0.717) is 23.8 Å². The molecule has 0 aromatic heterocycles. The minimum atomic E-state index is -0.357. The van der Waals surface area contributed by atoms with Crippen molar-refractivity contribution >= 4 is 0 Å². The molecule has 18 heavy (non-hydrogen) atoms. The summed E-state index contributed by atoms with van der Waals surface area (Å²) in [5.41, 5.74) is 0.489. The number of benzene rings is 1. The van der Waals surface area contributed by atoms with Crippen LogP contribution in [0.5, 0.6) is 0 Å². The standard InChI is InChI=1S/C15H21F2N/c1-3-6-18-15(13-7-10(13)2)9-11-8-12(16)4-5-14(11)17/h4-5,8,10,13,15,18H,3,6-7,9H2,1-2H3. The third-order valence-electron chi connectivity index (χ3n) is 3.79. The molecule has 3 unspecified atom stereocenters. The Kier molecular flexibility index (Phi) is 4.33. The van der Waals surface area contributed by atoms with Gasteiger partial charge in [-0.1, -0.05) is 13.8 Å². The van der Waals surface area contributed by atoms with Gasteiger partial charge in [0, 0.05) is 6.04 Å². The van der Waals surface area contributed by atoms with Crippen LogP contribution in [0, 0.1) is 23.5 Å². The second-order valence-corrected chi connectivity index (χ2v) is 5.38. The van der Waals surface area contributed by atoms with Crippen molar-refractivity contribution in [2.24, 2.45) is 11.8 Å². The van der Waals surface area contributed by atoms with Gasteiger partial charge in [-0.05, 0) is 61.4 Å². The zero-order chi connectivity index (χ0) is 13.1. The Morgan fingerprint density at radius 1 is 1.39 bits per heavy atom. The van der Waals surface area contributed by atoms with Crippen LogP contribution in [-0.4, -0.2) is 12.6 Å². The van der Waals surface area contributed by atoms with Gasteiger partial charge in [0.25, 0.3) is 0 Å². The molecule has 0 aliphatic heterocycles. The highest BCUT2D eigenvalue weighted by molar-refractivity contribution is 5.20. The third-order valence-corrected chi connectivity index (χ3v) is 3.79. The van der Waals surface area contributed by atoms with Gasteiger partial charge in [-0.2, -0.15) is 0 Å². The summed E-state index contributed by atoms with van der Waals surface area (Å²) >= 11 is 0. The number of halogens is 2. The number of rotatable bonds is 6. The van der Waals surface area contributed by atoms with Crippen LogP contribution in [-0.2, 0) is 6.42 Å². The Morgan fingerprint density at radius 2 is 2.11 bits per heavy atom. The lowest BCUT2D eigenvalue weighted by molar-refractivity contribution is 0.435. The molecule has 0 heterocycles. The molecule has 0 bridgehead atoms. The molecule has 1 N–H and O–H groups in total. The van der Waals surface area contributed by atoms with Crippen LogP contribution >= 0.6 is 0 Å². The van der Waals surface area contributed by atoms with Gasteiger partial charge in [0.15, 0.2) is 0 Å². The lowest BCUT2D eigenvalue weighted by Crippen LogP contribution is -2.34. The molecule has 3 heteroatoms. The summed E-state index contributed by atoms with van der Waals surface area (Å²) in [4.78, 5) is 0. The van der Waals surface area contributed by atoms with Gasteiger partial charge in [0.1, 0.15) is 11.6 Å². The monoisotopic (exact) mass is 253 g/mol. The van der Waals surface area contributed by atoms with Crippen LogP contribution in [0.4, 0.5) is 8.78 Å². The van der Waals surface area contributed by atoms with Crippen molar-refractivity contribution < 1.29 is 8.78 Å². The molecular weight excluding hydrogens is 232 g/mol. The zero-order valence-electron chi connectivity index (χ0n) is 11.0. The molecule has 0 spiro atoms. The molecule has 0 saturated heterocycles. The molecule has 3 atom stereocenters. The van der Waals surface area contributed by atoms with E-state index in [-0.39, 0.29) is 17.7 Å². The Morgan fingerprint density at radius 3 is 2.72 bits per heavy atom. The fourth-order valence-electron chi connectivity index (χ4n) is 2.55. The van der Waals surface area contributed by atoms with Crippen molar-refractivity contribution in [1.29, 1.82) is 0 Å². The number of hydrogen-bond donors (Lipinski definition) is 1. The summed E-state index contributed by atoms with van der Waals surface area (Å²) in [5.74, 6) is 0.660. The van der Waals surface area contributed by atoms with Gasteiger partial charge in [0.2, 0.25) is 0 Å². The Labute approximate surface area is 108 Å². The van der Waals surface area contributed by atoms with E-state index in [1.54, 1.807) is 0 Å². The van der Waals surface area contributed by atoms with Crippen molar-refractivity contribution in [1.82, 2.24) is 5.32 Å². The quantitative estimate of drug-likeness (QED) is 0.817. The molecule has 1 aliphatic carbocycles. The maximum Gasteiger partial charge on any atom is 0.126 e. The molecule has 1 aromatic carbocycles. The lowest BCUT2D eigenvalue weighted by Gasteiger charge is -2.19. The summed E-state index contributed by atoms with van der Waals surface area (Å²) in [6.45, 7) is 5.27. The van der Waals surface area contributed by atoms with Gasteiger partial charge in [-0.15, -0.1) is 0 Å². The van der Waals surface area contributed by atoms with E-state index in [9.17, 15) is 8.78 Å². The fourth-order valence-corrected chi connectivity index (χ4v) is 2.55. The van der Waals surface area contributed by atoms with Crippen LogP contribution in [0.15, 0.2) is 18.2 Å². The molecule has 1 nitrogen and oxygen atoms in total. The van der Waals surface area contributed by atoms with Gasteiger partial charge < -0.3 is 5.32 Å². The predicted molar refractivity (Wildman–Crippen MR) is 69.4 cm³/mol. The van der Waals surface area contributed by atoms with Crippen molar-refractivity contribution in [3.8, 4) is 0 Å². The first-order chi connectivity index (χ1) is 8.61. The van der Waals surface area contributed by atoms with E-state index in [2.05, 4.69) is 19.2 Å². The normalized spacial score (nSPS) is 24.0. The smallest absolute Gasteiger partial charge is 0.126 e. The van der Waals surface area contributed by atoms with Crippen molar-refractivity contribution in [3.63, 3.8) is 0 Å². The van der Waals surface area contributed by atoms with Gasteiger partial charge in [-0.3, -0.25) is 0 Å². The van der Waals surface area contributed by atoms with Crippen LogP contribution in [0.3, 0.4) is 0 Å². The Bertz CT molecular complexity index is 405. The van der Waals surface area contributed by atoms with E-state index in [1.165, 1.54) is 24.6 Å². The molecular formula is C15H21F2N. The van der Waals surface area contributed by atoms with Crippen LogP contribution in [0.1, 0.15) is 32.3 Å². The molecule has 0 amide bonds. The van der Waals surface area contributed by atoms with E-state index in [4.69, 9.17) is 0 Å². The SMILES string of the molecule is CCCNC(Cc1cc(F)ccc1F)C1CC1C. The van der Waals surface area contributed by atoms with Gasteiger partial charge >= 0.3 is 0 Å². The van der Waals surface area contributed by atoms with Crippen molar-refractivity contribution in [3.05, 3.63) is 35.4 Å². The summed E-state index contributed by atoms with van der Waals surface area (Å²) in [7, 11) is 0. The van der Waals surface area contributed by atoms with E-state index >= 15 is 0 Å². The van der Waals surface area contributed by atoms with Crippen LogP contribution in [0.2, 0.25) is 0 Å². The first-order valence-electron chi connectivity index (χ1n) is 6.79. The maximum absolute atomic E-state index is 13.6. The minimum Gasteiger partial charge on any atom is -0.313 e. The topological polar surface area (TPSA) is 12.0 Å². The van der Waals surface area contributed by atoms with Gasteiger partial charge in [-0.25, -0.2) is 8.78 Å². The summed E-state index contributed by atoms with van der Waals surface area (Å²) < 4.78 is 26.8. The molecule has 1 aromatic rings. The average molecular weight is 253 g/mol. The molecule has 100 valence electrons. The van der Waals surface area contributed by atoms with E-state index in [0.717, 1.165) is 13.0 Å². The third kappa shape index (κ3) is 3.29. The van der Waals surface area contributed by atoms with Crippen LogP contribution < -0.4 is 5.32 Å². The maximum atomic E-state index is 13.6. The highest BCUT2D eigenvalue weighted by Gasteiger charge is 2.39. The summed E-state index contributed by atoms with van der Waals surface area (Å²) in [5, 5.41) is 3.47. The first kappa shape index (κ1) is 13.5. The Balaban J connectivity index is 2.05. The first-order valence-corrected chi connectivity index (χ1v) is 6.79. The minimum absolute atomic E-state index is 0.274. The lowest BCUT2D eigenvalue weighted by atomic mass is 10.0. The highest BCUT2D eigenvalue weighted by Crippen LogP contribution is 2.41. The highest BCUT2D eigenvalue weighted by atomic mass is 19.1. The number of nitrogens with one attached hydrogen (secondary N) is 1. The second-order valence-electron chi connectivity index (χ2n) is 5.38. The zero-order valence-corrected chi connectivity index (χ0v) is 11.0. The molecule has 1 aliphatic rings. The largest absolute Gasteiger partial charge is 0.313 e.